The number of nitrogens with one attached hydrogen (secondary N) is 1. The molecule has 0 spiro atoms. The summed E-state index contributed by atoms with van der Waals surface area (Å²) in [4.78, 5) is 37.0. The third kappa shape index (κ3) is 4.55. The first-order chi connectivity index (χ1) is 15.4. The number of hydrogen-bond donors (Lipinski definition) is 1. The van der Waals surface area contributed by atoms with E-state index in [1.165, 1.54) is 6.33 Å². The summed E-state index contributed by atoms with van der Waals surface area (Å²) in [7, 11) is 0. The molecule has 3 aromatic heterocycles. The predicted octanol–water partition coefficient (Wildman–Crippen LogP) is 2.44. The number of rotatable bonds is 6. The standard InChI is InChI=1S/C22H30N8O2/c1-6-30-21(17-8-23-16(5)24-9-17)28-19-20(25-12-26-22(19)30)27-13(2)7-18(31)29-10-14(3)32-15(4)11-29/h8-9,12-15H,6-7,10-11H2,1-5H3,(H,25,26,27)/t13?,14-,15+. The second-order valence-electron chi connectivity index (χ2n) is 8.40. The number of imidazole rings is 1. The monoisotopic (exact) mass is 438 g/mol. The molecule has 3 atom stereocenters. The predicted molar refractivity (Wildman–Crippen MR) is 121 cm³/mol. The molecule has 1 aliphatic rings. The van der Waals surface area contributed by atoms with Gasteiger partial charge in [0.2, 0.25) is 5.91 Å². The van der Waals surface area contributed by atoms with E-state index < -0.39 is 0 Å². The highest BCUT2D eigenvalue weighted by molar-refractivity contribution is 5.86. The molecule has 0 saturated carbocycles. The fourth-order valence-corrected chi connectivity index (χ4v) is 4.13. The lowest BCUT2D eigenvalue weighted by atomic mass is 10.1. The lowest BCUT2D eigenvalue weighted by molar-refractivity contribution is -0.143. The van der Waals surface area contributed by atoms with Gasteiger partial charge in [-0.3, -0.25) is 4.79 Å². The van der Waals surface area contributed by atoms with E-state index in [0.717, 1.165) is 17.0 Å². The summed E-state index contributed by atoms with van der Waals surface area (Å²) < 4.78 is 7.75. The number of nitrogens with zero attached hydrogens (tertiary/aromatic N) is 7. The van der Waals surface area contributed by atoms with E-state index in [4.69, 9.17) is 9.72 Å². The Morgan fingerprint density at radius 1 is 1.19 bits per heavy atom. The van der Waals surface area contributed by atoms with Crippen LogP contribution in [0.25, 0.3) is 22.6 Å². The Bertz CT molecular complexity index is 1090. The molecule has 0 aliphatic carbocycles. The molecular weight excluding hydrogens is 408 g/mol. The minimum atomic E-state index is -0.119. The number of aromatic nitrogens is 6. The second-order valence-corrected chi connectivity index (χ2v) is 8.40. The molecule has 1 fully saturated rings. The van der Waals surface area contributed by atoms with Crippen molar-refractivity contribution >= 4 is 22.9 Å². The Kier molecular flexibility index (Phi) is 6.31. The Morgan fingerprint density at radius 3 is 2.53 bits per heavy atom. The molecule has 3 aromatic rings. The maximum Gasteiger partial charge on any atom is 0.224 e. The van der Waals surface area contributed by atoms with Gasteiger partial charge < -0.3 is 19.5 Å². The molecule has 0 aromatic carbocycles. The Morgan fingerprint density at radius 2 is 1.88 bits per heavy atom. The number of hydrogen-bond acceptors (Lipinski definition) is 8. The van der Waals surface area contributed by atoms with E-state index in [0.29, 0.717) is 43.2 Å². The van der Waals surface area contributed by atoms with Gasteiger partial charge in [0.1, 0.15) is 18.0 Å². The number of anilines is 1. The van der Waals surface area contributed by atoms with Gasteiger partial charge in [0.25, 0.3) is 0 Å². The summed E-state index contributed by atoms with van der Waals surface area (Å²) in [5, 5.41) is 3.37. The van der Waals surface area contributed by atoms with Gasteiger partial charge in [0, 0.05) is 44.5 Å². The largest absolute Gasteiger partial charge is 0.372 e. The molecule has 170 valence electrons. The van der Waals surface area contributed by atoms with Gasteiger partial charge in [-0.15, -0.1) is 0 Å². The van der Waals surface area contributed by atoms with Crippen LogP contribution in [0.5, 0.6) is 0 Å². The first-order valence-electron chi connectivity index (χ1n) is 11.1. The zero-order valence-electron chi connectivity index (χ0n) is 19.2. The highest BCUT2D eigenvalue weighted by atomic mass is 16.5. The highest BCUT2D eigenvalue weighted by Crippen LogP contribution is 2.26. The Balaban J connectivity index is 1.55. The van der Waals surface area contributed by atoms with Gasteiger partial charge in [-0.1, -0.05) is 0 Å². The first kappa shape index (κ1) is 22.1. The van der Waals surface area contributed by atoms with E-state index in [-0.39, 0.29) is 24.2 Å². The summed E-state index contributed by atoms with van der Waals surface area (Å²) in [5.41, 5.74) is 2.22. The molecule has 10 nitrogen and oxygen atoms in total. The van der Waals surface area contributed by atoms with Crippen LogP contribution in [0.4, 0.5) is 5.82 Å². The van der Waals surface area contributed by atoms with Gasteiger partial charge in [-0.2, -0.15) is 0 Å². The molecule has 10 heteroatoms. The molecule has 32 heavy (non-hydrogen) atoms. The molecular formula is C22H30N8O2. The number of morpholine rings is 1. The minimum absolute atomic E-state index is 0.0506. The lowest BCUT2D eigenvalue weighted by Gasteiger charge is -2.35. The molecule has 1 amide bonds. The van der Waals surface area contributed by atoms with Crippen molar-refractivity contribution in [2.24, 2.45) is 0 Å². The first-order valence-corrected chi connectivity index (χ1v) is 11.1. The van der Waals surface area contributed by atoms with Crippen molar-refractivity contribution in [2.45, 2.75) is 65.8 Å². The SMILES string of the molecule is CCn1c(-c2cnc(C)nc2)nc2c(NC(C)CC(=O)N3C[C@@H](C)O[C@@H](C)C3)ncnc21. The number of fused-ring (bicyclic) bond motifs is 1. The summed E-state index contributed by atoms with van der Waals surface area (Å²) >= 11 is 0. The van der Waals surface area contributed by atoms with Crippen molar-refractivity contribution in [3.8, 4) is 11.4 Å². The number of carbonyl (C=O) groups is 1. The van der Waals surface area contributed by atoms with Crippen molar-refractivity contribution in [3.05, 3.63) is 24.5 Å². The lowest BCUT2D eigenvalue weighted by Crippen LogP contribution is -2.49. The summed E-state index contributed by atoms with van der Waals surface area (Å²) in [5.74, 6) is 2.16. The second kappa shape index (κ2) is 9.15. The third-order valence-corrected chi connectivity index (χ3v) is 5.52. The molecule has 1 unspecified atom stereocenters. The maximum atomic E-state index is 12.8. The molecule has 1 N–H and O–H groups in total. The third-order valence-electron chi connectivity index (χ3n) is 5.52. The van der Waals surface area contributed by atoms with Crippen LogP contribution in [0.2, 0.25) is 0 Å². The van der Waals surface area contributed by atoms with E-state index in [2.05, 4.69) is 25.3 Å². The molecule has 4 heterocycles. The molecule has 0 bridgehead atoms. The highest BCUT2D eigenvalue weighted by Gasteiger charge is 2.27. The van der Waals surface area contributed by atoms with E-state index in [9.17, 15) is 4.79 Å². The van der Waals surface area contributed by atoms with Gasteiger partial charge >= 0.3 is 0 Å². The van der Waals surface area contributed by atoms with Crippen LogP contribution in [0.1, 0.15) is 39.9 Å². The van der Waals surface area contributed by atoms with Crippen LogP contribution in [-0.2, 0) is 16.1 Å². The van der Waals surface area contributed by atoms with Gasteiger partial charge in [-0.25, -0.2) is 24.9 Å². The number of carbonyl (C=O) groups excluding carboxylic acids is 1. The van der Waals surface area contributed by atoms with Crippen LogP contribution in [0.3, 0.4) is 0 Å². The van der Waals surface area contributed by atoms with Crippen molar-refractivity contribution in [3.63, 3.8) is 0 Å². The van der Waals surface area contributed by atoms with Gasteiger partial charge in [0.05, 0.1) is 17.8 Å². The van der Waals surface area contributed by atoms with E-state index in [1.807, 2.05) is 44.1 Å². The van der Waals surface area contributed by atoms with Gasteiger partial charge in [-0.05, 0) is 34.6 Å². The molecule has 1 saturated heterocycles. The fourth-order valence-electron chi connectivity index (χ4n) is 4.13. The smallest absolute Gasteiger partial charge is 0.224 e. The van der Waals surface area contributed by atoms with Crippen LogP contribution < -0.4 is 5.32 Å². The minimum Gasteiger partial charge on any atom is -0.372 e. The average molecular weight is 439 g/mol. The number of aryl methyl sites for hydroxylation is 2. The van der Waals surface area contributed by atoms with Crippen molar-refractivity contribution in [2.75, 3.05) is 18.4 Å². The summed E-state index contributed by atoms with van der Waals surface area (Å²) in [6.45, 7) is 11.8. The van der Waals surface area contributed by atoms with E-state index >= 15 is 0 Å². The van der Waals surface area contributed by atoms with Crippen molar-refractivity contribution in [1.29, 1.82) is 0 Å². The van der Waals surface area contributed by atoms with Crippen LogP contribution in [-0.4, -0.2) is 71.6 Å². The van der Waals surface area contributed by atoms with Crippen molar-refractivity contribution in [1.82, 2.24) is 34.4 Å². The quantitative estimate of drug-likeness (QED) is 0.625. The average Bonchev–Trinajstić information content (AvgIpc) is 3.13. The Labute approximate surface area is 187 Å². The molecule has 1 aliphatic heterocycles. The van der Waals surface area contributed by atoms with Crippen LogP contribution in [0, 0.1) is 6.92 Å². The Hall–Kier alpha value is -3.14. The summed E-state index contributed by atoms with van der Waals surface area (Å²) in [6.07, 6.45) is 5.51. The van der Waals surface area contributed by atoms with Gasteiger partial charge in [0.15, 0.2) is 17.0 Å². The molecule has 4 rings (SSSR count). The van der Waals surface area contributed by atoms with Crippen molar-refractivity contribution < 1.29 is 9.53 Å². The fraction of sp³-hybridized carbons (Fsp3) is 0.545. The molecule has 0 radical (unpaired) electrons. The van der Waals surface area contributed by atoms with Crippen LogP contribution >= 0.6 is 0 Å². The number of amides is 1. The summed E-state index contributed by atoms with van der Waals surface area (Å²) in [6, 6.07) is -0.119. The van der Waals surface area contributed by atoms with E-state index in [1.54, 1.807) is 12.4 Å². The maximum absolute atomic E-state index is 12.8. The van der Waals surface area contributed by atoms with Crippen LogP contribution in [0.15, 0.2) is 18.7 Å². The zero-order valence-corrected chi connectivity index (χ0v) is 19.2. The zero-order chi connectivity index (χ0) is 22.8. The topological polar surface area (TPSA) is 111 Å². The number of ether oxygens (including phenoxy) is 1. The normalized spacial score (nSPS) is 19.8.